The summed E-state index contributed by atoms with van der Waals surface area (Å²) in [4.78, 5) is 0. The van der Waals surface area contributed by atoms with Gasteiger partial charge in [-0.3, -0.25) is 0 Å². The van der Waals surface area contributed by atoms with E-state index in [1.54, 1.807) is 5.57 Å². The van der Waals surface area contributed by atoms with Gasteiger partial charge in [0.2, 0.25) is 0 Å². The summed E-state index contributed by atoms with van der Waals surface area (Å²) in [6.07, 6.45) is 18.9. The first-order valence-electron chi connectivity index (χ1n) is 5.39. The van der Waals surface area contributed by atoms with Crippen LogP contribution in [0.3, 0.4) is 0 Å². The van der Waals surface area contributed by atoms with Crippen molar-refractivity contribution in [1.82, 2.24) is 0 Å². The summed E-state index contributed by atoms with van der Waals surface area (Å²) in [6, 6.07) is 0. The van der Waals surface area contributed by atoms with Crippen molar-refractivity contribution in [1.29, 1.82) is 0 Å². The van der Waals surface area contributed by atoms with E-state index in [9.17, 15) is 0 Å². The highest BCUT2D eigenvalue weighted by atomic mass is 14.0. The van der Waals surface area contributed by atoms with E-state index < -0.39 is 0 Å². The van der Waals surface area contributed by atoms with Crippen LogP contribution < -0.4 is 0 Å². The zero-order valence-electron chi connectivity index (χ0n) is 8.63. The molecule has 0 spiro atoms. The Balaban J connectivity index is 2.05. The maximum absolute atomic E-state index is 2.29. The number of hydrogen-bond acceptors (Lipinski definition) is 0. The molecule has 0 aliphatic heterocycles. The summed E-state index contributed by atoms with van der Waals surface area (Å²) in [7, 11) is 0. The summed E-state index contributed by atoms with van der Waals surface area (Å²) in [5.74, 6) is 0. The van der Waals surface area contributed by atoms with E-state index in [1.807, 2.05) is 0 Å². The molecule has 0 N–H and O–H groups in total. The van der Waals surface area contributed by atoms with Crippen molar-refractivity contribution in [2.75, 3.05) is 0 Å². The van der Waals surface area contributed by atoms with Gasteiger partial charge in [0.1, 0.15) is 0 Å². The van der Waals surface area contributed by atoms with E-state index in [0.717, 1.165) is 0 Å². The van der Waals surface area contributed by atoms with Gasteiger partial charge in [-0.15, -0.1) is 0 Å². The Morgan fingerprint density at radius 3 is 3.00 bits per heavy atom. The Hall–Kier alpha value is -0.780. The Morgan fingerprint density at radius 2 is 2.31 bits per heavy atom. The molecule has 0 atom stereocenters. The van der Waals surface area contributed by atoms with E-state index in [0.29, 0.717) is 0 Å². The lowest BCUT2D eigenvalue weighted by molar-refractivity contribution is 0.717. The second-order valence-corrected chi connectivity index (χ2v) is 3.61. The van der Waals surface area contributed by atoms with Crippen molar-refractivity contribution in [3.8, 4) is 0 Å². The van der Waals surface area contributed by atoms with Crippen molar-refractivity contribution < 1.29 is 0 Å². The van der Waals surface area contributed by atoms with Gasteiger partial charge in [0, 0.05) is 0 Å². The van der Waals surface area contributed by atoms with Crippen molar-refractivity contribution in [2.24, 2.45) is 0 Å². The average Bonchev–Trinajstić information content (AvgIpc) is 2.19. The largest absolute Gasteiger partial charge is 0.0917 e. The van der Waals surface area contributed by atoms with Crippen LogP contribution in [0.25, 0.3) is 0 Å². The molecule has 0 aromatic heterocycles. The zero-order chi connectivity index (χ0) is 9.36. The maximum Gasteiger partial charge on any atom is -0.0282 e. The SMILES string of the molecule is CC=CCCCCC1=CC=CCC1. The standard InChI is InChI=1S/C13H20/c1-2-3-4-5-7-10-13-11-8-6-9-12-13/h2-3,6,8,11H,4-5,7,9-10,12H2,1H3. The molecule has 0 aromatic rings. The van der Waals surface area contributed by atoms with Crippen molar-refractivity contribution >= 4 is 0 Å². The number of hydrogen-bond donors (Lipinski definition) is 0. The molecule has 0 saturated heterocycles. The number of allylic oxidation sites excluding steroid dienone is 6. The molecule has 72 valence electrons. The van der Waals surface area contributed by atoms with Crippen LogP contribution >= 0.6 is 0 Å². The highest BCUT2D eigenvalue weighted by Crippen LogP contribution is 2.18. The van der Waals surface area contributed by atoms with Gasteiger partial charge in [-0.05, 0) is 45.4 Å². The summed E-state index contributed by atoms with van der Waals surface area (Å²) in [5, 5.41) is 0. The van der Waals surface area contributed by atoms with E-state index in [-0.39, 0.29) is 0 Å². The maximum atomic E-state index is 2.29. The molecule has 1 aliphatic carbocycles. The Bertz CT molecular complexity index is 206. The fourth-order valence-electron chi connectivity index (χ4n) is 1.64. The summed E-state index contributed by atoms with van der Waals surface area (Å²) >= 11 is 0. The zero-order valence-corrected chi connectivity index (χ0v) is 8.63. The van der Waals surface area contributed by atoms with E-state index >= 15 is 0 Å². The van der Waals surface area contributed by atoms with E-state index in [2.05, 4.69) is 37.3 Å². The molecule has 0 nitrogen and oxygen atoms in total. The highest BCUT2D eigenvalue weighted by molar-refractivity contribution is 5.17. The third-order valence-corrected chi connectivity index (χ3v) is 2.45. The summed E-state index contributed by atoms with van der Waals surface area (Å²) in [6.45, 7) is 2.09. The van der Waals surface area contributed by atoms with Gasteiger partial charge in [-0.25, -0.2) is 0 Å². The molecular weight excluding hydrogens is 156 g/mol. The third kappa shape index (κ3) is 4.72. The van der Waals surface area contributed by atoms with Crippen LogP contribution in [0.15, 0.2) is 36.0 Å². The monoisotopic (exact) mass is 176 g/mol. The second kappa shape index (κ2) is 6.71. The van der Waals surface area contributed by atoms with Crippen LogP contribution in [-0.2, 0) is 0 Å². The van der Waals surface area contributed by atoms with Crippen LogP contribution in [0.4, 0.5) is 0 Å². The molecule has 0 heteroatoms. The summed E-state index contributed by atoms with van der Waals surface area (Å²) < 4.78 is 0. The van der Waals surface area contributed by atoms with Crippen LogP contribution in [-0.4, -0.2) is 0 Å². The van der Waals surface area contributed by atoms with Gasteiger partial charge in [0.05, 0.1) is 0 Å². The molecule has 0 radical (unpaired) electrons. The van der Waals surface area contributed by atoms with Crippen LogP contribution in [0, 0.1) is 0 Å². The molecule has 0 saturated carbocycles. The molecule has 0 heterocycles. The fraction of sp³-hybridized carbons (Fsp3) is 0.538. The van der Waals surface area contributed by atoms with Gasteiger partial charge in [-0.1, -0.05) is 36.0 Å². The molecule has 13 heavy (non-hydrogen) atoms. The smallest absolute Gasteiger partial charge is 0.0282 e. The molecule has 0 fully saturated rings. The van der Waals surface area contributed by atoms with E-state index in [4.69, 9.17) is 0 Å². The van der Waals surface area contributed by atoms with Gasteiger partial charge >= 0.3 is 0 Å². The molecule has 0 unspecified atom stereocenters. The fourth-order valence-corrected chi connectivity index (χ4v) is 1.64. The van der Waals surface area contributed by atoms with Crippen LogP contribution in [0.2, 0.25) is 0 Å². The van der Waals surface area contributed by atoms with Crippen molar-refractivity contribution in [2.45, 2.75) is 45.4 Å². The topological polar surface area (TPSA) is 0 Å². The first kappa shape index (κ1) is 10.3. The predicted molar refractivity (Wildman–Crippen MR) is 59.7 cm³/mol. The van der Waals surface area contributed by atoms with E-state index in [1.165, 1.54) is 38.5 Å². The second-order valence-electron chi connectivity index (χ2n) is 3.61. The Labute approximate surface area is 82.0 Å². The molecule has 0 amide bonds. The van der Waals surface area contributed by atoms with Gasteiger partial charge < -0.3 is 0 Å². The molecule has 0 bridgehead atoms. The average molecular weight is 176 g/mol. The lowest BCUT2D eigenvalue weighted by Crippen LogP contribution is -1.87. The minimum atomic E-state index is 1.25. The Morgan fingerprint density at radius 1 is 1.38 bits per heavy atom. The minimum Gasteiger partial charge on any atom is -0.0917 e. The number of rotatable bonds is 5. The van der Waals surface area contributed by atoms with Crippen LogP contribution in [0.1, 0.15) is 45.4 Å². The Kier molecular flexibility index (Phi) is 5.31. The summed E-state index contributed by atoms with van der Waals surface area (Å²) in [5.41, 5.74) is 1.64. The molecule has 1 rings (SSSR count). The molecular formula is C13H20. The van der Waals surface area contributed by atoms with Gasteiger partial charge in [-0.2, -0.15) is 0 Å². The molecule has 1 aliphatic rings. The van der Waals surface area contributed by atoms with Gasteiger partial charge in [0.25, 0.3) is 0 Å². The van der Waals surface area contributed by atoms with Crippen molar-refractivity contribution in [3.63, 3.8) is 0 Å². The molecule has 0 aromatic carbocycles. The lowest BCUT2D eigenvalue weighted by Gasteiger charge is -2.07. The third-order valence-electron chi connectivity index (χ3n) is 2.45. The minimum absolute atomic E-state index is 1.25. The normalized spacial score (nSPS) is 16.5. The number of unbranched alkanes of at least 4 members (excludes halogenated alkanes) is 2. The van der Waals surface area contributed by atoms with Gasteiger partial charge in [0.15, 0.2) is 0 Å². The lowest BCUT2D eigenvalue weighted by atomic mass is 9.99. The highest BCUT2D eigenvalue weighted by Gasteiger charge is 1.98. The van der Waals surface area contributed by atoms with Crippen LogP contribution in [0.5, 0.6) is 0 Å². The first-order chi connectivity index (χ1) is 6.43. The first-order valence-corrected chi connectivity index (χ1v) is 5.39. The van der Waals surface area contributed by atoms with Crippen molar-refractivity contribution in [3.05, 3.63) is 36.0 Å². The quantitative estimate of drug-likeness (QED) is 0.430. The predicted octanol–water partition coefficient (Wildman–Crippen LogP) is 4.40.